The lowest BCUT2D eigenvalue weighted by atomic mass is 10.1. The number of hydrazine groups is 1. The Hall–Kier alpha value is -3.81. The zero-order chi connectivity index (χ0) is 20.5. The number of ether oxygens (including phenoxy) is 2. The van der Waals surface area contributed by atoms with Crippen LogP contribution >= 0.6 is 0 Å². The maximum Gasteiger partial charge on any atom is 0.356 e. The second-order valence-electron chi connectivity index (χ2n) is 6.41. The molecular weight excluding hydrogens is 374 g/mol. The minimum Gasteiger partial charge on any atom is -0.497 e. The number of carbonyl (C=O) groups excluding carboxylic acids is 3. The highest BCUT2D eigenvalue weighted by atomic mass is 16.5. The summed E-state index contributed by atoms with van der Waals surface area (Å²) in [6.07, 6.45) is 0. The number of benzene rings is 2. The van der Waals surface area contributed by atoms with Crippen LogP contribution in [0.5, 0.6) is 5.75 Å². The number of imide groups is 1. The van der Waals surface area contributed by atoms with E-state index in [0.717, 1.165) is 4.90 Å². The van der Waals surface area contributed by atoms with E-state index in [2.05, 4.69) is 5.43 Å². The van der Waals surface area contributed by atoms with Crippen LogP contribution in [0.15, 0.2) is 65.9 Å². The molecule has 2 aliphatic rings. The lowest BCUT2D eigenvalue weighted by molar-refractivity contribution is -0.139. The van der Waals surface area contributed by atoms with Gasteiger partial charge in [-0.2, -0.15) is 0 Å². The van der Waals surface area contributed by atoms with Crippen molar-refractivity contribution in [3.63, 3.8) is 0 Å². The fraction of sp³-hybridized carbons (Fsp3) is 0.190. The molecular formula is C21H19N3O5. The van der Waals surface area contributed by atoms with E-state index >= 15 is 0 Å². The second kappa shape index (κ2) is 7.31. The highest BCUT2D eigenvalue weighted by molar-refractivity contribution is 6.33. The van der Waals surface area contributed by atoms with E-state index in [1.165, 1.54) is 5.01 Å². The van der Waals surface area contributed by atoms with Crippen molar-refractivity contribution < 1.29 is 23.9 Å². The molecule has 4 rings (SSSR count). The fourth-order valence-corrected chi connectivity index (χ4v) is 3.45. The summed E-state index contributed by atoms with van der Waals surface area (Å²) < 4.78 is 10.3. The van der Waals surface area contributed by atoms with Crippen LogP contribution in [0, 0.1) is 0 Å². The maximum absolute atomic E-state index is 13.2. The van der Waals surface area contributed by atoms with E-state index in [4.69, 9.17) is 9.47 Å². The number of esters is 1. The van der Waals surface area contributed by atoms with E-state index in [0.29, 0.717) is 17.1 Å². The van der Waals surface area contributed by atoms with Gasteiger partial charge in [0.2, 0.25) is 0 Å². The number of anilines is 2. The van der Waals surface area contributed by atoms with Gasteiger partial charge < -0.3 is 9.47 Å². The molecule has 2 aromatic carbocycles. The molecule has 1 N–H and O–H groups in total. The van der Waals surface area contributed by atoms with Gasteiger partial charge in [0.05, 0.1) is 30.7 Å². The molecule has 0 spiro atoms. The van der Waals surface area contributed by atoms with Crippen molar-refractivity contribution in [1.82, 2.24) is 5.43 Å². The number of hydrogen-bond donors (Lipinski definition) is 1. The van der Waals surface area contributed by atoms with Crippen molar-refractivity contribution in [3.8, 4) is 5.75 Å². The molecule has 148 valence electrons. The molecule has 8 nitrogen and oxygen atoms in total. The summed E-state index contributed by atoms with van der Waals surface area (Å²) >= 11 is 0. The lowest BCUT2D eigenvalue weighted by Crippen LogP contribution is -2.46. The molecule has 0 aromatic heterocycles. The van der Waals surface area contributed by atoms with Gasteiger partial charge in [-0.1, -0.05) is 18.2 Å². The summed E-state index contributed by atoms with van der Waals surface area (Å²) in [5.74, 6) is -1.03. The predicted octanol–water partition coefficient (Wildman–Crippen LogP) is 1.78. The zero-order valence-corrected chi connectivity index (χ0v) is 15.9. The number of rotatable bonds is 5. The summed E-state index contributed by atoms with van der Waals surface area (Å²) in [5.41, 5.74) is 3.99. The minimum absolute atomic E-state index is 0.0237. The molecule has 1 fully saturated rings. The average Bonchev–Trinajstić information content (AvgIpc) is 3.26. The SMILES string of the molecule is CCOC(=O)C1=C2C(=O)N(c3ccccc3)C(=O)C2N(c2ccc(OC)cc2)N1. The first-order chi connectivity index (χ1) is 14.1. The number of amides is 2. The molecule has 0 saturated carbocycles. The van der Waals surface area contributed by atoms with Crippen LogP contribution in [-0.2, 0) is 19.1 Å². The predicted molar refractivity (Wildman–Crippen MR) is 105 cm³/mol. The zero-order valence-electron chi connectivity index (χ0n) is 15.9. The first kappa shape index (κ1) is 18.5. The van der Waals surface area contributed by atoms with Gasteiger partial charge in [0.1, 0.15) is 5.75 Å². The van der Waals surface area contributed by atoms with Crippen LogP contribution in [0.2, 0.25) is 0 Å². The fourth-order valence-electron chi connectivity index (χ4n) is 3.45. The molecule has 29 heavy (non-hydrogen) atoms. The topological polar surface area (TPSA) is 88.2 Å². The Morgan fingerprint density at radius 1 is 1.03 bits per heavy atom. The summed E-state index contributed by atoms with van der Waals surface area (Å²) in [7, 11) is 1.55. The van der Waals surface area contributed by atoms with Gasteiger partial charge in [0.15, 0.2) is 11.7 Å². The number of nitrogens with one attached hydrogen (secondary N) is 1. The summed E-state index contributed by atoms with van der Waals surface area (Å²) in [5, 5.41) is 1.50. The Kier molecular flexibility index (Phi) is 4.67. The van der Waals surface area contributed by atoms with E-state index in [-0.39, 0.29) is 17.9 Å². The van der Waals surface area contributed by atoms with Crippen molar-refractivity contribution in [2.75, 3.05) is 23.6 Å². The van der Waals surface area contributed by atoms with E-state index in [9.17, 15) is 14.4 Å². The Balaban J connectivity index is 1.78. The monoisotopic (exact) mass is 393 g/mol. The van der Waals surface area contributed by atoms with Crippen LogP contribution in [0.1, 0.15) is 6.92 Å². The average molecular weight is 393 g/mol. The molecule has 2 aromatic rings. The van der Waals surface area contributed by atoms with E-state index < -0.39 is 23.8 Å². The lowest BCUT2D eigenvalue weighted by Gasteiger charge is -2.26. The third-order valence-corrected chi connectivity index (χ3v) is 4.77. The molecule has 0 bridgehead atoms. The minimum atomic E-state index is -0.976. The van der Waals surface area contributed by atoms with Crippen LogP contribution in [-0.4, -0.2) is 37.5 Å². The molecule has 8 heteroatoms. The van der Waals surface area contributed by atoms with Gasteiger partial charge in [-0.3, -0.25) is 20.0 Å². The van der Waals surface area contributed by atoms with Crippen molar-refractivity contribution in [3.05, 3.63) is 65.9 Å². The van der Waals surface area contributed by atoms with Crippen LogP contribution in [0.3, 0.4) is 0 Å². The quantitative estimate of drug-likeness (QED) is 0.612. The number of nitrogens with zero attached hydrogens (tertiary/aromatic N) is 2. The Morgan fingerprint density at radius 2 is 1.72 bits per heavy atom. The van der Waals surface area contributed by atoms with Gasteiger partial charge in [-0.25, -0.2) is 9.69 Å². The Morgan fingerprint density at radius 3 is 2.34 bits per heavy atom. The van der Waals surface area contributed by atoms with Gasteiger partial charge in [-0.05, 0) is 43.3 Å². The molecule has 0 radical (unpaired) electrons. The van der Waals surface area contributed by atoms with Crippen molar-refractivity contribution in [2.45, 2.75) is 13.0 Å². The molecule has 1 atom stereocenters. The first-order valence-corrected chi connectivity index (χ1v) is 9.11. The highest BCUT2D eigenvalue weighted by Crippen LogP contribution is 2.37. The van der Waals surface area contributed by atoms with Gasteiger partial charge in [-0.15, -0.1) is 0 Å². The number of hydrogen-bond acceptors (Lipinski definition) is 7. The number of fused-ring (bicyclic) bond motifs is 1. The molecule has 2 aliphatic heterocycles. The standard InChI is InChI=1S/C21H19N3O5/c1-3-29-21(27)17-16-18(24(22-17)14-9-11-15(28-2)12-10-14)20(26)23(19(16)25)13-7-5-4-6-8-13/h4-12,18,22H,3H2,1-2H3. The number of methoxy groups -OCH3 is 1. The van der Waals surface area contributed by atoms with E-state index in [1.54, 1.807) is 68.6 Å². The van der Waals surface area contributed by atoms with E-state index in [1.807, 2.05) is 0 Å². The summed E-state index contributed by atoms with van der Waals surface area (Å²) in [6.45, 7) is 1.82. The number of para-hydroxylation sites is 1. The summed E-state index contributed by atoms with van der Waals surface area (Å²) in [4.78, 5) is 40.0. The van der Waals surface area contributed by atoms with Crippen molar-refractivity contribution in [2.24, 2.45) is 0 Å². The molecule has 2 amide bonds. The van der Waals surface area contributed by atoms with Gasteiger partial charge >= 0.3 is 5.97 Å². The Labute approximate surface area is 167 Å². The van der Waals surface area contributed by atoms with Crippen LogP contribution in [0.4, 0.5) is 11.4 Å². The van der Waals surface area contributed by atoms with Gasteiger partial charge in [0, 0.05) is 0 Å². The first-order valence-electron chi connectivity index (χ1n) is 9.11. The second-order valence-corrected chi connectivity index (χ2v) is 6.41. The van der Waals surface area contributed by atoms with Crippen molar-refractivity contribution in [1.29, 1.82) is 0 Å². The van der Waals surface area contributed by atoms with Crippen LogP contribution in [0.25, 0.3) is 0 Å². The third-order valence-electron chi connectivity index (χ3n) is 4.77. The molecule has 2 heterocycles. The van der Waals surface area contributed by atoms with Crippen molar-refractivity contribution >= 4 is 29.2 Å². The largest absolute Gasteiger partial charge is 0.497 e. The smallest absolute Gasteiger partial charge is 0.356 e. The Bertz CT molecular complexity index is 1000. The molecule has 1 saturated heterocycles. The third kappa shape index (κ3) is 2.98. The highest BCUT2D eigenvalue weighted by Gasteiger charge is 2.54. The molecule has 0 aliphatic carbocycles. The normalized spacial score (nSPS) is 18.1. The maximum atomic E-state index is 13.2. The van der Waals surface area contributed by atoms with Gasteiger partial charge in [0.25, 0.3) is 11.8 Å². The molecule has 1 unspecified atom stereocenters. The number of carbonyl (C=O) groups is 3. The van der Waals surface area contributed by atoms with Crippen LogP contribution < -0.4 is 20.1 Å². The summed E-state index contributed by atoms with van der Waals surface area (Å²) in [6, 6.07) is 14.6.